The third-order valence-electron chi connectivity index (χ3n) is 3.42. The molecule has 0 unspecified atom stereocenters. The molecule has 0 aliphatic rings. The molecule has 0 aliphatic heterocycles. The summed E-state index contributed by atoms with van der Waals surface area (Å²) in [4.78, 5) is 12.1. The zero-order valence-electron chi connectivity index (χ0n) is 13.0. The highest BCUT2D eigenvalue weighted by atomic mass is 32.2. The van der Waals surface area contributed by atoms with Gasteiger partial charge in [-0.2, -0.15) is 11.8 Å². The second-order valence-electron chi connectivity index (χ2n) is 5.21. The first-order chi connectivity index (χ1) is 11.2. The Morgan fingerprint density at radius 1 is 1.17 bits per heavy atom. The maximum atomic E-state index is 12.1. The summed E-state index contributed by atoms with van der Waals surface area (Å²) in [5.41, 5.74) is 1.80. The van der Waals surface area contributed by atoms with Crippen molar-refractivity contribution in [1.82, 2.24) is 14.2 Å². The van der Waals surface area contributed by atoms with Crippen molar-refractivity contribution in [3.8, 4) is 5.75 Å². The van der Waals surface area contributed by atoms with Crippen LogP contribution in [0.3, 0.4) is 0 Å². The van der Waals surface area contributed by atoms with E-state index in [-0.39, 0.29) is 5.69 Å². The number of nitrogens with zero attached hydrogens (tertiary/aromatic N) is 3. The number of aromatic nitrogens is 3. The van der Waals surface area contributed by atoms with E-state index < -0.39 is 0 Å². The van der Waals surface area contributed by atoms with Gasteiger partial charge >= 0.3 is 5.69 Å². The molecule has 0 atom stereocenters. The van der Waals surface area contributed by atoms with Gasteiger partial charge in [0.05, 0.1) is 13.2 Å². The second kappa shape index (κ2) is 7.37. The Kier molecular flexibility index (Phi) is 5.02. The average Bonchev–Trinajstić information content (AvgIpc) is 2.87. The smallest absolute Gasteiger partial charge is 0.350 e. The molecule has 23 heavy (non-hydrogen) atoms. The van der Waals surface area contributed by atoms with E-state index in [2.05, 4.69) is 5.10 Å². The molecule has 6 heteroatoms. The van der Waals surface area contributed by atoms with E-state index in [9.17, 15) is 4.79 Å². The summed E-state index contributed by atoms with van der Waals surface area (Å²) in [5, 5.41) is 4.31. The van der Waals surface area contributed by atoms with Gasteiger partial charge in [0.25, 0.3) is 0 Å². The normalized spacial score (nSPS) is 11.0. The molecule has 2 aromatic heterocycles. The van der Waals surface area contributed by atoms with Crippen molar-refractivity contribution in [3.63, 3.8) is 0 Å². The lowest BCUT2D eigenvalue weighted by Gasteiger charge is -2.06. The number of aryl methyl sites for hydroxylation is 2. The number of benzene rings is 1. The maximum Gasteiger partial charge on any atom is 0.350 e. The van der Waals surface area contributed by atoms with Crippen LogP contribution in [-0.4, -0.2) is 32.3 Å². The molecular formula is C17H19N3O2S. The molecule has 0 radical (unpaired) electrons. The molecule has 3 rings (SSSR count). The SMILES string of the molecule is Cc1cccc(OCCSCCn2nc3ccccn3c2=O)c1. The predicted molar refractivity (Wildman–Crippen MR) is 93.5 cm³/mol. The molecule has 5 nitrogen and oxygen atoms in total. The van der Waals surface area contributed by atoms with Gasteiger partial charge in [0.15, 0.2) is 5.65 Å². The lowest BCUT2D eigenvalue weighted by atomic mass is 10.2. The van der Waals surface area contributed by atoms with Crippen molar-refractivity contribution in [2.75, 3.05) is 18.1 Å². The van der Waals surface area contributed by atoms with Crippen molar-refractivity contribution >= 4 is 17.4 Å². The Bertz CT molecular complexity index is 841. The molecule has 1 aromatic carbocycles. The maximum absolute atomic E-state index is 12.1. The first kappa shape index (κ1) is 15.7. The Morgan fingerprint density at radius 3 is 2.91 bits per heavy atom. The van der Waals surface area contributed by atoms with Gasteiger partial charge in [0.1, 0.15) is 5.75 Å². The zero-order valence-corrected chi connectivity index (χ0v) is 13.8. The van der Waals surface area contributed by atoms with Gasteiger partial charge < -0.3 is 4.74 Å². The van der Waals surface area contributed by atoms with Crippen molar-refractivity contribution in [1.29, 1.82) is 0 Å². The second-order valence-corrected chi connectivity index (χ2v) is 6.44. The first-order valence-electron chi connectivity index (χ1n) is 7.55. The van der Waals surface area contributed by atoms with Gasteiger partial charge in [0.2, 0.25) is 0 Å². The van der Waals surface area contributed by atoms with Crippen LogP contribution < -0.4 is 10.4 Å². The van der Waals surface area contributed by atoms with E-state index in [0.717, 1.165) is 17.3 Å². The van der Waals surface area contributed by atoms with Gasteiger partial charge in [-0.25, -0.2) is 9.48 Å². The van der Waals surface area contributed by atoms with Crippen molar-refractivity contribution in [2.45, 2.75) is 13.5 Å². The fourth-order valence-electron chi connectivity index (χ4n) is 2.29. The van der Waals surface area contributed by atoms with Crippen molar-refractivity contribution in [2.24, 2.45) is 0 Å². The van der Waals surface area contributed by atoms with E-state index in [4.69, 9.17) is 4.74 Å². The van der Waals surface area contributed by atoms with Crippen molar-refractivity contribution < 1.29 is 4.74 Å². The molecule has 0 bridgehead atoms. The van der Waals surface area contributed by atoms with Crippen LogP contribution in [0.2, 0.25) is 0 Å². The molecule has 0 spiro atoms. The Hall–Kier alpha value is -2.21. The Labute approximate surface area is 138 Å². The van der Waals surface area contributed by atoms with Gasteiger partial charge in [-0.3, -0.25) is 4.40 Å². The molecule has 0 saturated carbocycles. The minimum absolute atomic E-state index is 0.0859. The lowest BCUT2D eigenvalue weighted by molar-refractivity contribution is 0.343. The van der Waals surface area contributed by atoms with Gasteiger partial charge in [-0.15, -0.1) is 5.10 Å². The summed E-state index contributed by atoms with van der Waals surface area (Å²) in [7, 11) is 0. The van der Waals surface area contributed by atoms with Gasteiger partial charge in [-0.05, 0) is 36.8 Å². The minimum Gasteiger partial charge on any atom is -0.493 e. The van der Waals surface area contributed by atoms with Crippen LogP contribution in [0.1, 0.15) is 5.56 Å². The van der Waals surface area contributed by atoms with Crippen LogP contribution in [0.4, 0.5) is 0 Å². The highest BCUT2D eigenvalue weighted by molar-refractivity contribution is 7.99. The minimum atomic E-state index is -0.0859. The largest absolute Gasteiger partial charge is 0.493 e. The number of ether oxygens (including phenoxy) is 1. The van der Waals surface area contributed by atoms with Crippen LogP contribution in [0, 0.1) is 6.92 Å². The third kappa shape index (κ3) is 3.96. The average molecular weight is 329 g/mol. The summed E-state index contributed by atoms with van der Waals surface area (Å²) in [5.74, 6) is 2.62. The predicted octanol–water partition coefficient (Wildman–Crippen LogP) is 2.62. The molecular weight excluding hydrogens is 310 g/mol. The number of fused-ring (bicyclic) bond motifs is 1. The summed E-state index contributed by atoms with van der Waals surface area (Å²) in [6.45, 7) is 3.32. The first-order valence-corrected chi connectivity index (χ1v) is 8.71. The summed E-state index contributed by atoms with van der Waals surface area (Å²) in [6.07, 6.45) is 1.74. The van der Waals surface area contributed by atoms with Crippen LogP contribution >= 0.6 is 11.8 Å². The molecule has 3 aromatic rings. The molecule has 120 valence electrons. The monoisotopic (exact) mass is 329 g/mol. The third-order valence-corrected chi connectivity index (χ3v) is 4.35. The van der Waals surface area contributed by atoms with Crippen LogP contribution in [0.25, 0.3) is 5.65 Å². The highest BCUT2D eigenvalue weighted by Gasteiger charge is 2.05. The Morgan fingerprint density at radius 2 is 2.09 bits per heavy atom. The fraction of sp³-hybridized carbons (Fsp3) is 0.294. The van der Waals surface area contributed by atoms with Gasteiger partial charge in [-0.1, -0.05) is 18.2 Å². The standard InChI is InChI=1S/C17H19N3O2S/c1-14-5-4-6-15(13-14)22-10-12-23-11-9-20-17(21)19-8-3-2-7-16(19)18-20/h2-8,13H,9-12H2,1H3. The highest BCUT2D eigenvalue weighted by Crippen LogP contribution is 2.12. The topological polar surface area (TPSA) is 48.5 Å². The summed E-state index contributed by atoms with van der Waals surface area (Å²) in [6, 6.07) is 13.6. The van der Waals surface area contributed by atoms with E-state index in [1.54, 1.807) is 22.4 Å². The van der Waals surface area contributed by atoms with Crippen LogP contribution in [-0.2, 0) is 6.54 Å². The van der Waals surface area contributed by atoms with Crippen LogP contribution in [0.15, 0.2) is 53.5 Å². The summed E-state index contributed by atoms with van der Waals surface area (Å²) >= 11 is 1.76. The van der Waals surface area contributed by atoms with E-state index in [1.165, 1.54) is 10.2 Å². The van der Waals surface area contributed by atoms with E-state index in [1.807, 2.05) is 49.4 Å². The molecule has 0 fully saturated rings. The lowest BCUT2D eigenvalue weighted by Crippen LogP contribution is -2.22. The molecule has 2 heterocycles. The van der Waals surface area contributed by atoms with Crippen molar-refractivity contribution in [3.05, 3.63) is 64.7 Å². The van der Waals surface area contributed by atoms with E-state index in [0.29, 0.717) is 18.8 Å². The zero-order chi connectivity index (χ0) is 16.1. The molecule has 0 amide bonds. The number of hydrogen-bond donors (Lipinski definition) is 0. The number of pyridine rings is 1. The van der Waals surface area contributed by atoms with E-state index >= 15 is 0 Å². The van der Waals surface area contributed by atoms with Crippen LogP contribution in [0.5, 0.6) is 5.75 Å². The molecule has 0 N–H and O–H groups in total. The Balaban J connectivity index is 1.43. The number of hydrogen-bond acceptors (Lipinski definition) is 4. The number of rotatable bonds is 7. The molecule has 0 aliphatic carbocycles. The summed E-state index contributed by atoms with van der Waals surface area (Å²) < 4.78 is 8.78. The van der Waals surface area contributed by atoms with Gasteiger partial charge in [0, 0.05) is 17.7 Å². The number of thioether (sulfide) groups is 1. The molecule has 0 saturated heterocycles. The quantitative estimate of drug-likeness (QED) is 0.625. The fourth-order valence-corrected chi connectivity index (χ4v) is 3.00.